The molecular formula is C11H7Cl2N5OS. The fraction of sp³-hybridized carbons (Fsp3) is 0.0909. The summed E-state index contributed by atoms with van der Waals surface area (Å²) in [6.45, 7) is 0. The average molecular weight is 328 g/mol. The smallest absolute Gasteiger partial charge is 0.226 e. The first kappa shape index (κ1) is 13.4. The van der Waals surface area contributed by atoms with E-state index >= 15 is 0 Å². The van der Waals surface area contributed by atoms with Gasteiger partial charge in [-0.2, -0.15) is 0 Å². The first-order valence-corrected chi connectivity index (χ1v) is 7.73. The second kappa shape index (κ2) is 5.08. The number of halogens is 2. The fourth-order valence-corrected chi connectivity index (χ4v) is 2.59. The number of hydrogen-bond donors (Lipinski definition) is 0. The van der Waals surface area contributed by atoms with Gasteiger partial charge in [-0.3, -0.25) is 13.8 Å². The summed E-state index contributed by atoms with van der Waals surface area (Å²) in [7, 11) is -1.28. The highest BCUT2D eigenvalue weighted by atomic mass is 35.5. The number of benzene rings is 1. The quantitative estimate of drug-likeness (QED) is 0.721. The molecule has 0 saturated heterocycles. The van der Waals surface area contributed by atoms with Gasteiger partial charge < -0.3 is 0 Å². The first-order valence-electron chi connectivity index (χ1n) is 5.42. The summed E-state index contributed by atoms with van der Waals surface area (Å²) < 4.78 is 13.1. The second-order valence-electron chi connectivity index (χ2n) is 3.92. The third-order valence-electron chi connectivity index (χ3n) is 2.59. The molecule has 0 saturated carbocycles. The lowest BCUT2D eigenvalue weighted by molar-refractivity contribution is 0.675. The summed E-state index contributed by atoms with van der Waals surface area (Å²) in [6, 6.07) is 3.27. The van der Waals surface area contributed by atoms with Crippen molar-refractivity contribution >= 4 is 45.0 Å². The van der Waals surface area contributed by atoms with Crippen LogP contribution >= 0.6 is 23.2 Å². The predicted octanol–water partition coefficient (Wildman–Crippen LogP) is 2.25. The van der Waals surface area contributed by atoms with Crippen LogP contribution in [0.4, 0.5) is 0 Å². The van der Waals surface area contributed by atoms with Crippen molar-refractivity contribution in [2.75, 3.05) is 6.26 Å². The predicted molar refractivity (Wildman–Crippen MR) is 76.8 cm³/mol. The Labute approximate surface area is 126 Å². The van der Waals surface area contributed by atoms with E-state index in [0.717, 1.165) is 0 Å². The van der Waals surface area contributed by atoms with E-state index in [1.165, 1.54) is 23.3 Å². The summed E-state index contributed by atoms with van der Waals surface area (Å²) in [5.41, 5.74) is 1.20. The van der Waals surface area contributed by atoms with E-state index in [0.29, 0.717) is 32.1 Å². The van der Waals surface area contributed by atoms with E-state index in [2.05, 4.69) is 20.2 Å². The second-order valence-corrected chi connectivity index (χ2v) is 6.01. The number of fused-ring (bicyclic) bond motifs is 1. The molecule has 0 fully saturated rings. The Kier molecular flexibility index (Phi) is 3.41. The van der Waals surface area contributed by atoms with Crippen LogP contribution in [0.5, 0.6) is 0 Å². The van der Waals surface area contributed by atoms with Gasteiger partial charge >= 0.3 is 0 Å². The molecule has 1 aromatic carbocycles. The van der Waals surface area contributed by atoms with E-state index < -0.39 is 10.8 Å². The van der Waals surface area contributed by atoms with Crippen LogP contribution in [0.3, 0.4) is 0 Å². The molecule has 6 nitrogen and oxygen atoms in total. The summed E-state index contributed by atoms with van der Waals surface area (Å²) in [4.78, 5) is 8.66. The van der Waals surface area contributed by atoms with Crippen LogP contribution in [0.1, 0.15) is 0 Å². The van der Waals surface area contributed by atoms with Crippen LogP contribution in [-0.4, -0.2) is 35.2 Å². The van der Waals surface area contributed by atoms with Gasteiger partial charge in [-0.25, -0.2) is 4.98 Å². The molecule has 102 valence electrons. The van der Waals surface area contributed by atoms with Gasteiger partial charge in [-0.05, 0) is 12.1 Å². The van der Waals surface area contributed by atoms with Gasteiger partial charge in [0.1, 0.15) is 6.33 Å². The maximum atomic E-state index is 11.6. The van der Waals surface area contributed by atoms with Crippen molar-refractivity contribution in [3.05, 3.63) is 34.7 Å². The molecule has 0 aliphatic rings. The van der Waals surface area contributed by atoms with E-state index in [-0.39, 0.29) is 0 Å². The SMILES string of the molecule is C[S@@](=O)c1nncn1-c1cnc2cc(Cl)c(Cl)cc2n1. The van der Waals surface area contributed by atoms with Crippen molar-refractivity contribution < 1.29 is 4.21 Å². The van der Waals surface area contributed by atoms with Crippen molar-refractivity contribution in [1.29, 1.82) is 0 Å². The molecule has 9 heteroatoms. The van der Waals surface area contributed by atoms with Crippen LogP contribution < -0.4 is 0 Å². The van der Waals surface area contributed by atoms with E-state index in [4.69, 9.17) is 23.2 Å². The number of hydrogen-bond acceptors (Lipinski definition) is 5. The zero-order valence-electron chi connectivity index (χ0n) is 10.1. The average Bonchev–Trinajstić information content (AvgIpc) is 2.89. The van der Waals surface area contributed by atoms with Crippen LogP contribution in [-0.2, 0) is 10.8 Å². The zero-order chi connectivity index (χ0) is 14.3. The first-order chi connectivity index (χ1) is 9.56. The molecule has 0 radical (unpaired) electrons. The molecule has 2 aromatic heterocycles. The van der Waals surface area contributed by atoms with Crippen molar-refractivity contribution in [3.8, 4) is 5.82 Å². The van der Waals surface area contributed by atoms with E-state index in [9.17, 15) is 4.21 Å². The molecule has 0 aliphatic carbocycles. The Morgan fingerprint density at radius 3 is 2.60 bits per heavy atom. The minimum absolute atomic E-state index is 0.304. The standard InChI is InChI=1S/C11H7Cl2N5OS/c1-20(19)11-17-15-5-18(11)10-4-14-8-2-6(12)7(13)3-9(8)16-10/h2-5H,1H3/t20-/m1/s1. The maximum absolute atomic E-state index is 11.6. The minimum Gasteiger partial charge on any atom is -0.257 e. The topological polar surface area (TPSA) is 73.6 Å². The third kappa shape index (κ3) is 2.28. The van der Waals surface area contributed by atoms with Gasteiger partial charge in [0.15, 0.2) is 5.82 Å². The zero-order valence-corrected chi connectivity index (χ0v) is 12.4. The van der Waals surface area contributed by atoms with E-state index in [1.54, 1.807) is 12.1 Å². The third-order valence-corrected chi connectivity index (χ3v) is 4.11. The van der Waals surface area contributed by atoms with E-state index in [1.807, 2.05) is 0 Å². The van der Waals surface area contributed by atoms with Gasteiger partial charge in [-0.15, -0.1) is 10.2 Å². The summed E-state index contributed by atoms with van der Waals surface area (Å²) >= 11 is 11.9. The summed E-state index contributed by atoms with van der Waals surface area (Å²) in [5, 5.41) is 8.66. The minimum atomic E-state index is -1.28. The molecule has 2 heterocycles. The monoisotopic (exact) mass is 327 g/mol. The largest absolute Gasteiger partial charge is 0.257 e. The molecule has 3 aromatic rings. The Morgan fingerprint density at radius 2 is 1.90 bits per heavy atom. The van der Waals surface area contributed by atoms with Crippen molar-refractivity contribution in [2.24, 2.45) is 0 Å². The maximum Gasteiger partial charge on any atom is 0.226 e. The molecule has 0 amide bonds. The highest BCUT2D eigenvalue weighted by Gasteiger charge is 2.12. The Morgan fingerprint density at radius 1 is 1.20 bits per heavy atom. The fourth-order valence-electron chi connectivity index (χ4n) is 1.69. The highest BCUT2D eigenvalue weighted by molar-refractivity contribution is 7.84. The molecule has 3 rings (SSSR count). The molecule has 0 N–H and O–H groups in total. The lowest BCUT2D eigenvalue weighted by Crippen LogP contribution is -2.04. The van der Waals surface area contributed by atoms with Gasteiger partial charge in [0, 0.05) is 6.26 Å². The Hall–Kier alpha value is -1.57. The lowest BCUT2D eigenvalue weighted by atomic mass is 10.3. The highest BCUT2D eigenvalue weighted by Crippen LogP contribution is 2.26. The van der Waals surface area contributed by atoms with Gasteiger partial charge in [0.25, 0.3) is 0 Å². The van der Waals surface area contributed by atoms with Gasteiger partial charge in [0.2, 0.25) is 5.16 Å². The molecule has 0 aliphatic heterocycles. The Balaban J connectivity index is 2.20. The molecule has 0 bridgehead atoms. The molecule has 0 spiro atoms. The molecule has 20 heavy (non-hydrogen) atoms. The summed E-state index contributed by atoms with van der Waals surface area (Å²) in [5.74, 6) is 0.464. The number of aromatic nitrogens is 5. The van der Waals surface area contributed by atoms with Crippen molar-refractivity contribution in [1.82, 2.24) is 24.7 Å². The van der Waals surface area contributed by atoms with Crippen LogP contribution in [0.25, 0.3) is 16.9 Å². The van der Waals surface area contributed by atoms with Crippen LogP contribution in [0.15, 0.2) is 29.8 Å². The van der Waals surface area contributed by atoms with Crippen molar-refractivity contribution in [2.45, 2.75) is 5.16 Å². The number of rotatable bonds is 2. The Bertz CT molecular complexity index is 835. The van der Waals surface area contributed by atoms with Crippen molar-refractivity contribution in [3.63, 3.8) is 0 Å². The molecular weight excluding hydrogens is 321 g/mol. The number of nitrogens with zero attached hydrogens (tertiary/aromatic N) is 5. The van der Waals surface area contributed by atoms with Crippen LogP contribution in [0.2, 0.25) is 10.0 Å². The van der Waals surface area contributed by atoms with Gasteiger partial charge in [0.05, 0.1) is 38.1 Å². The summed E-state index contributed by atoms with van der Waals surface area (Å²) in [6.07, 6.45) is 4.49. The normalized spacial score (nSPS) is 12.8. The lowest BCUT2D eigenvalue weighted by Gasteiger charge is -2.05. The van der Waals surface area contributed by atoms with Gasteiger partial charge in [-0.1, -0.05) is 23.2 Å². The molecule has 1 atom stereocenters. The molecule has 0 unspecified atom stereocenters. The van der Waals surface area contributed by atoms with Crippen LogP contribution in [0, 0.1) is 0 Å².